The lowest BCUT2D eigenvalue weighted by molar-refractivity contribution is 0.0746. The van der Waals surface area contributed by atoms with Crippen LogP contribution in [0.4, 0.5) is 10.2 Å². The SMILES string of the molecule is Cc1ccc(C(=O)N2CCN(c3cc(-c4ccc(F)cc4)[nH]n3)CC2)cc1. The van der Waals surface area contributed by atoms with Crippen molar-refractivity contribution < 1.29 is 9.18 Å². The molecule has 1 N–H and O–H groups in total. The van der Waals surface area contributed by atoms with Crippen LogP contribution in [-0.4, -0.2) is 47.2 Å². The van der Waals surface area contributed by atoms with E-state index in [1.54, 1.807) is 12.1 Å². The minimum atomic E-state index is -0.257. The molecule has 2 aromatic carbocycles. The number of hydrogen-bond donors (Lipinski definition) is 1. The number of aromatic amines is 1. The zero-order valence-corrected chi connectivity index (χ0v) is 15.2. The number of nitrogens with zero attached hydrogens (tertiary/aromatic N) is 3. The molecule has 1 aromatic heterocycles. The molecule has 2 heterocycles. The fraction of sp³-hybridized carbons (Fsp3) is 0.238. The Labute approximate surface area is 157 Å². The fourth-order valence-corrected chi connectivity index (χ4v) is 3.27. The summed E-state index contributed by atoms with van der Waals surface area (Å²) in [5.74, 6) is 0.660. The van der Waals surface area contributed by atoms with Crippen molar-refractivity contribution in [2.75, 3.05) is 31.1 Å². The third-order valence-corrected chi connectivity index (χ3v) is 4.91. The summed E-state index contributed by atoms with van der Waals surface area (Å²) in [4.78, 5) is 16.7. The number of hydrogen-bond acceptors (Lipinski definition) is 3. The lowest BCUT2D eigenvalue weighted by Crippen LogP contribution is -2.48. The molecular weight excluding hydrogens is 343 g/mol. The van der Waals surface area contributed by atoms with Crippen LogP contribution in [0.3, 0.4) is 0 Å². The highest BCUT2D eigenvalue weighted by atomic mass is 19.1. The van der Waals surface area contributed by atoms with E-state index >= 15 is 0 Å². The van der Waals surface area contributed by atoms with Crippen LogP contribution in [0.2, 0.25) is 0 Å². The van der Waals surface area contributed by atoms with Crippen molar-refractivity contribution >= 4 is 11.7 Å². The molecule has 138 valence electrons. The van der Waals surface area contributed by atoms with Gasteiger partial charge < -0.3 is 9.80 Å². The van der Waals surface area contributed by atoms with Crippen LogP contribution in [0, 0.1) is 12.7 Å². The first-order chi connectivity index (χ1) is 13.1. The van der Waals surface area contributed by atoms with Crippen LogP contribution in [0.25, 0.3) is 11.3 Å². The molecule has 5 nitrogen and oxygen atoms in total. The number of aromatic nitrogens is 2. The van der Waals surface area contributed by atoms with Crippen molar-refractivity contribution in [3.8, 4) is 11.3 Å². The van der Waals surface area contributed by atoms with Crippen molar-refractivity contribution in [3.05, 3.63) is 71.5 Å². The van der Waals surface area contributed by atoms with Gasteiger partial charge in [0.1, 0.15) is 5.82 Å². The van der Waals surface area contributed by atoms with E-state index in [4.69, 9.17) is 0 Å². The summed E-state index contributed by atoms with van der Waals surface area (Å²) in [6.07, 6.45) is 0. The van der Waals surface area contributed by atoms with E-state index in [0.29, 0.717) is 13.1 Å². The second-order valence-electron chi connectivity index (χ2n) is 6.79. The van der Waals surface area contributed by atoms with E-state index in [-0.39, 0.29) is 11.7 Å². The third kappa shape index (κ3) is 3.69. The van der Waals surface area contributed by atoms with Crippen LogP contribution in [-0.2, 0) is 0 Å². The summed E-state index contributed by atoms with van der Waals surface area (Å²) in [7, 11) is 0. The van der Waals surface area contributed by atoms with Crippen LogP contribution in [0.1, 0.15) is 15.9 Å². The highest BCUT2D eigenvalue weighted by Crippen LogP contribution is 2.23. The van der Waals surface area contributed by atoms with Gasteiger partial charge in [0.25, 0.3) is 5.91 Å². The zero-order valence-electron chi connectivity index (χ0n) is 15.2. The number of benzene rings is 2. The Morgan fingerprint density at radius 2 is 1.67 bits per heavy atom. The van der Waals surface area contributed by atoms with Gasteiger partial charge in [0.15, 0.2) is 5.82 Å². The Hall–Kier alpha value is -3.15. The van der Waals surface area contributed by atoms with Gasteiger partial charge in [0.05, 0.1) is 5.69 Å². The van der Waals surface area contributed by atoms with E-state index in [0.717, 1.165) is 41.3 Å². The van der Waals surface area contributed by atoms with E-state index in [1.807, 2.05) is 42.2 Å². The van der Waals surface area contributed by atoms with Gasteiger partial charge in [0, 0.05) is 37.8 Å². The molecule has 0 atom stereocenters. The predicted molar refractivity (Wildman–Crippen MR) is 103 cm³/mol. The van der Waals surface area contributed by atoms with Crippen LogP contribution in [0.5, 0.6) is 0 Å². The summed E-state index contributed by atoms with van der Waals surface area (Å²) in [5, 5.41) is 7.39. The molecule has 0 saturated carbocycles. The molecule has 4 rings (SSSR count). The first-order valence-electron chi connectivity index (χ1n) is 9.02. The summed E-state index contributed by atoms with van der Waals surface area (Å²) in [5.41, 5.74) is 3.62. The number of carbonyl (C=O) groups is 1. The molecule has 27 heavy (non-hydrogen) atoms. The highest BCUT2D eigenvalue weighted by molar-refractivity contribution is 5.94. The van der Waals surface area contributed by atoms with Crippen LogP contribution >= 0.6 is 0 Å². The van der Waals surface area contributed by atoms with Gasteiger partial charge in [-0.1, -0.05) is 17.7 Å². The topological polar surface area (TPSA) is 52.2 Å². The molecule has 1 fully saturated rings. The molecule has 1 aliphatic heterocycles. The number of nitrogens with one attached hydrogen (secondary N) is 1. The van der Waals surface area contributed by atoms with Gasteiger partial charge in [-0.2, -0.15) is 5.10 Å². The van der Waals surface area contributed by atoms with Gasteiger partial charge in [0.2, 0.25) is 0 Å². The summed E-state index contributed by atoms with van der Waals surface area (Å²) >= 11 is 0. The predicted octanol–water partition coefficient (Wildman–Crippen LogP) is 3.49. The van der Waals surface area contributed by atoms with E-state index in [9.17, 15) is 9.18 Å². The molecule has 0 spiro atoms. The van der Waals surface area contributed by atoms with E-state index in [2.05, 4.69) is 15.1 Å². The number of piperazine rings is 1. The number of amides is 1. The van der Waals surface area contributed by atoms with Gasteiger partial charge in [-0.15, -0.1) is 0 Å². The maximum absolute atomic E-state index is 13.1. The van der Waals surface area contributed by atoms with Crippen molar-refractivity contribution in [1.29, 1.82) is 0 Å². The molecule has 6 heteroatoms. The first-order valence-corrected chi connectivity index (χ1v) is 9.02. The zero-order chi connectivity index (χ0) is 18.8. The number of rotatable bonds is 3. The monoisotopic (exact) mass is 364 g/mol. The van der Waals surface area contributed by atoms with Crippen molar-refractivity contribution in [1.82, 2.24) is 15.1 Å². The maximum Gasteiger partial charge on any atom is 0.253 e. The summed E-state index contributed by atoms with van der Waals surface area (Å²) in [6.45, 7) is 4.78. The van der Waals surface area contributed by atoms with Crippen molar-refractivity contribution in [2.45, 2.75) is 6.92 Å². The van der Waals surface area contributed by atoms with Gasteiger partial charge in [-0.25, -0.2) is 4.39 Å². The largest absolute Gasteiger partial charge is 0.352 e. The Morgan fingerprint density at radius 3 is 2.33 bits per heavy atom. The second kappa shape index (κ2) is 7.23. The van der Waals surface area contributed by atoms with Crippen molar-refractivity contribution in [3.63, 3.8) is 0 Å². The molecule has 1 aliphatic rings. The number of H-pyrrole nitrogens is 1. The van der Waals surface area contributed by atoms with Crippen LogP contribution < -0.4 is 4.90 Å². The molecule has 0 bridgehead atoms. The van der Waals surface area contributed by atoms with E-state index < -0.39 is 0 Å². The van der Waals surface area contributed by atoms with E-state index in [1.165, 1.54) is 12.1 Å². The molecule has 0 aliphatic carbocycles. The Morgan fingerprint density at radius 1 is 1.00 bits per heavy atom. The standard InChI is InChI=1S/C21H21FN4O/c1-15-2-4-17(5-3-15)21(27)26-12-10-25(11-13-26)20-14-19(23-24-20)16-6-8-18(22)9-7-16/h2-9,14H,10-13H2,1H3,(H,23,24). The summed E-state index contributed by atoms with van der Waals surface area (Å²) < 4.78 is 13.1. The normalized spacial score (nSPS) is 14.4. The first kappa shape index (κ1) is 17.3. The minimum absolute atomic E-state index is 0.0729. The minimum Gasteiger partial charge on any atom is -0.352 e. The van der Waals surface area contributed by atoms with Crippen LogP contribution in [0.15, 0.2) is 54.6 Å². The summed E-state index contributed by atoms with van der Waals surface area (Å²) in [6, 6.07) is 16.0. The molecule has 1 amide bonds. The van der Waals surface area contributed by atoms with Crippen molar-refractivity contribution in [2.24, 2.45) is 0 Å². The molecule has 1 saturated heterocycles. The number of carbonyl (C=O) groups excluding carboxylic acids is 1. The molecule has 0 radical (unpaired) electrons. The molecule has 3 aromatic rings. The number of aryl methyl sites for hydroxylation is 1. The second-order valence-corrected chi connectivity index (χ2v) is 6.79. The lowest BCUT2D eigenvalue weighted by Gasteiger charge is -2.34. The van der Waals surface area contributed by atoms with Gasteiger partial charge in [-0.05, 0) is 48.9 Å². The third-order valence-electron chi connectivity index (χ3n) is 4.91. The molecular formula is C21H21FN4O. The average molecular weight is 364 g/mol. The number of anilines is 1. The lowest BCUT2D eigenvalue weighted by atomic mass is 10.1. The molecule has 0 unspecified atom stereocenters. The highest BCUT2D eigenvalue weighted by Gasteiger charge is 2.23. The Kier molecular flexibility index (Phi) is 4.62. The maximum atomic E-state index is 13.1. The van der Waals surface area contributed by atoms with Gasteiger partial charge in [-0.3, -0.25) is 9.89 Å². The fourth-order valence-electron chi connectivity index (χ4n) is 3.27. The quantitative estimate of drug-likeness (QED) is 0.774. The average Bonchev–Trinajstić information content (AvgIpc) is 3.19. The smallest absolute Gasteiger partial charge is 0.253 e. The van der Waals surface area contributed by atoms with Gasteiger partial charge >= 0.3 is 0 Å². The Bertz CT molecular complexity index is 926. The number of halogens is 1. The Balaban J connectivity index is 1.40.